The van der Waals surface area contributed by atoms with Crippen LogP contribution in [0.15, 0.2) is 30.5 Å². The molecule has 0 saturated carbocycles. The zero-order chi connectivity index (χ0) is 17.0. The first-order valence-electron chi connectivity index (χ1n) is 7.37. The number of rotatable bonds is 2. The average Bonchev–Trinajstić information content (AvgIpc) is 2.62. The SMILES string of the molecule is COc1ccc2c(c1)c(OC)c1c3c(ccnc32)C(=O)C(=O)N1C. The molecule has 6 nitrogen and oxygen atoms in total. The summed E-state index contributed by atoms with van der Waals surface area (Å²) in [6, 6.07) is 7.13. The number of aromatic nitrogens is 1. The maximum atomic E-state index is 12.4. The Labute approximate surface area is 137 Å². The Morgan fingerprint density at radius 1 is 1.04 bits per heavy atom. The van der Waals surface area contributed by atoms with Gasteiger partial charge in [0.25, 0.3) is 11.7 Å². The highest BCUT2D eigenvalue weighted by molar-refractivity contribution is 6.52. The minimum Gasteiger partial charge on any atom is -0.497 e. The van der Waals surface area contributed by atoms with Crippen LogP contribution in [0.25, 0.3) is 21.7 Å². The second-order valence-corrected chi connectivity index (χ2v) is 5.57. The van der Waals surface area contributed by atoms with Crippen LogP contribution in [0.1, 0.15) is 10.4 Å². The number of nitrogens with zero attached hydrogens (tertiary/aromatic N) is 2. The van der Waals surface area contributed by atoms with E-state index in [1.807, 2.05) is 18.2 Å². The van der Waals surface area contributed by atoms with Crippen molar-refractivity contribution in [2.75, 3.05) is 26.2 Å². The molecule has 0 spiro atoms. The van der Waals surface area contributed by atoms with Crippen LogP contribution in [0.5, 0.6) is 11.5 Å². The smallest absolute Gasteiger partial charge is 0.299 e. The zero-order valence-corrected chi connectivity index (χ0v) is 13.4. The van der Waals surface area contributed by atoms with Gasteiger partial charge in [-0.15, -0.1) is 0 Å². The summed E-state index contributed by atoms with van der Waals surface area (Å²) in [6.45, 7) is 0. The van der Waals surface area contributed by atoms with E-state index in [0.29, 0.717) is 33.7 Å². The number of anilines is 1. The normalized spacial score (nSPS) is 13.7. The number of ether oxygens (including phenoxy) is 2. The molecule has 0 fully saturated rings. The fraction of sp³-hybridized carbons (Fsp3) is 0.167. The molecule has 0 radical (unpaired) electrons. The molecule has 120 valence electrons. The molecule has 2 heterocycles. The molecular formula is C18H14N2O4. The van der Waals surface area contributed by atoms with Gasteiger partial charge in [-0.1, -0.05) is 0 Å². The summed E-state index contributed by atoms with van der Waals surface area (Å²) in [5.74, 6) is 0.0706. The molecule has 0 saturated heterocycles. The Bertz CT molecular complexity index is 1040. The number of carbonyl (C=O) groups is 2. The van der Waals surface area contributed by atoms with Gasteiger partial charge in [-0.05, 0) is 24.3 Å². The quantitative estimate of drug-likeness (QED) is 0.536. The van der Waals surface area contributed by atoms with E-state index in [-0.39, 0.29) is 0 Å². The van der Waals surface area contributed by atoms with E-state index in [1.54, 1.807) is 33.5 Å². The summed E-state index contributed by atoms with van der Waals surface area (Å²) in [4.78, 5) is 30.5. The zero-order valence-electron chi connectivity index (χ0n) is 13.4. The molecule has 0 atom stereocenters. The van der Waals surface area contributed by atoms with Crippen molar-refractivity contribution in [3.63, 3.8) is 0 Å². The Morgan fingerprint density at radius 2 is 1.83 bits per heavy atom. The Hall–Kier alpha value is -3.15. The second kappa shape index (κ2) is 4.92. The number of pyridine rings is 1. The van der Waals surface area contributed by atoms with Crippen LogP contribution in [0.2, 0.25) is 0 Å². The molecule has 0 N–H and O–H groups in total. The summed E-state index contributed by atoms with van der Waals surface area (Å²) >= 11 is 0. The standard InChI is InChI=1S/C18H14N2O4/c1-20-15-13-11(16(21)18(20)22)6-7-19-14(13)10-5-4-9(23-2)8-12(10)17(15)24-3/h4-8H,1-3H3. The van der Waals surface area contributed by atoms with Crippen molar-refractivity contribution in [2.45, 2.75) is 0 Å². The van der Waals surface area contributed by atoms with Crippen molar-refractivity contribution in [3.05, 3.63) is 36.0 Å². The number of amides is 1. The second-order valence-electron chi connectivity index (χ2n) is 5.57. The molecule has 1 aromatic heterocycles. The number of hydrogen-bond acceptors (Lipinski definition) is 5. The van der Waals surface area contributed by atoms with E-state index in [9.17, 15) is 9.59 Å². The van der Waals surface area contributed by atoms with E-state index in [0.717, 1.165) is 10.8 Å². The number of Topliss-reactive ketones (excluding diaryl/α,β-unsaturated/α-hetero) is 1. The molecule has 2 aromatic carbocycles. The lowest BCUT2D eigenvalue weighted by Gasteiger charge is -2.27. The Morgan fingerprint density at radius 3 is 2.54 bits per heavy atom. The first kappa shape index (κ1) is 14.4. The topological polar surface area (TPSA) is 68.7 Å². The highest BCUT2D eigenvalue weighted by atomic mass is 16.5. The van der Waals surface area contributed by atoms with Gasteiger partial charge in [-0.3, -0.25) is 14.6 Å². The molecule has 6 heteroatoms. The van der Waals surface area contributed by atoms with Gasteiger partial charge in [0.15, 0.2) is 5.75 Å². The number of carbonyl (C=O) groups excluding carboxylic acids is 2. The van der Waals surface area contributed by atoms with Crippen LogP contribution in [0.3, 0.4) is 0 Å². The summed E-state index contributed by atoms with van der Waals surface area (Å²) in [5.41, 5.74) is 1.57. The van der Waals surface area contributed by atoms with Crippen molar-refractivity contribution in [1.82, 2.24) is 4.98 Å². The molecule has 1 aliphatic heterocycles. The molecule has 0 unspecified atom stereocenters. The largest absolute Gasteiger partial charge is 0.497 e. The number of fused-ring (bicyclic) bond motifs is 2. The highest BCUT2D eigenvalue weighted by Gasteiger charge is 2.35. The summed E-state index contributed by atoms with van der Waals surface area (Å²) in [5, 5.41) is 2.25. The van der Waals surface area contributed by atoms with E-state index in [1.165, 1.54) is 4.90 Å². The Balaban J connectivity index is 2.30. The van der Waals surface area contributed by atoms with Crippen LogP contribution >= 0.6 is 0 Å². The first-order valence-corrected chi connectivity index (χ1v) is 7.37. The van der Waals surface area contributed by atoms with Gasteiger partial charge < -0.3 is 14.4 Å². The number of ketones is 1. The van der Waals surface area contributed by atoms with Crippen LogP contribution in [-0.2, 0) is 4.79 Å². The average molecular weight is 322 g/mol. The number of likely N-dealkylation sites (N-methyl/N-ethyl adjacent to an activating group) is 1. The minimum atomic E-state index is -0.587. The predicted molar refractivity (Wildman–Crippen MR) is 90.1 cm³/mol. The van der Waals surface area contributed by atoms with Crippen molar-refractivity contribution in [2.24, 2.45) is 0 Å². The maximum absolute atomic E-state index is 12.4. The van der Waals surface area contributed by atoms with Crippen LogP contribution < -0.4 is 14.4 Å². The van der Waals surface area contributed by atoms with E-state index >= 15 is 0 Å². The van der Waals surface area contributed by atoms with Gasteiger partial charge in [0, 0.05) is 35.0 Å². The molecule has 4 rings (SSSR count). The monoisotopic (exact) mass is 322 g/mol. The van der Waals surface area contributed by atoms with E-state index in [2.05, 4.69) is 4.98 Å². The van der Waals surface area contributed by atoms with Crippen LogP contribution in [-0.4, -0.2) is 37.9 Å². The minimum absolute atomic E-state index is 0.356. The fourth-order valence-electron chi connectivity index (χ4n) is 3.28. The molecule has 0 bridgehead atoms. The summed E-state index contributed by atoms with van der Waals surface area (Å²) < 4.78 is 10.9. The van der Waals surface area contributed by atoms with Gasteiger partial charge in [0.2, 0.25) is 0 Å². The molecule has 3 aromatic rings. The van der Waals surface area contributed by atoms with E-state index < -0.39 is 11.7 Å². The third-order valence-electron chi connectivity index (χ3n) is 4.41. The lowest BCUT2D eigenvalue weighted by Crippen LogP contribution is -2.37. The van der Waals surface area contributed by atoms with Gasteiger partial charge in [0.05, 0.1) is 25.4 Å². The number of benzene rings is 2. The molecule has 1 amide bonds. The molecule has 0 aliphatic carbocycles. The molecular weight excluding hydrogens is 308 g/mol. The van der Waals surface area contributed by atoms with Gasteiger partial charge >= 0.3 is 0 Å². The third kappa shape index (κ3) is 1.68. The van der Waals surface area contributed by atoms with Gasteiger partial charge in [-0.25, -0.2) is 0 Å². The summed E-state index contributed by atoms with van der Waals surface area (Å²) in [6.07, 6.45) is 1.55. The molecule has 24 heavy (non-hydrogen) atoms. The summed E-state index contributed by atoms with van der Waals surface area (Å²) in [7, 11) is 4.70. The van der Waals surface area contributed by atoms with Gasteiger partial charge in [0.1, 0.15) is 5.75 Å². The number of hydrogen-bond donors (Lipinski definition) is 0. The highest BCUT2D eigenvalue weighted by Crippen LogP contribution is 2.46. The lowest BCUT2D eigenvalue weighted by atomic mass is 9.93. The molecule has 1 aliphatic rings. The van der Waals surface area contributed by atoms with Crippen molar-refractivity contribution in [1.29, 1.82) is 0 Å². The lowest BCUT2D eigenvalue weighted by molar-refractivity contribution is -0.114. The fourth-order valence-corrected chi connectivity index (χ4v) is 3.28. The maximum Gasteiger partial charge on any atom is 0.299 e. The van der Waals surface area contributed by atoms with Crippen molar-refractivity contribution in [3.8, 4) is 11.5 Å². The Kier molecular flexibility index (Phi) is 2.96. The van der Waals surface area contributed by atoms with Gasteiger partial charge in [-0.2, -0.15) is 0 Å². The number of methoxy groups -OCH3 is 2. The predicted octanol–water partition coefficient (Wildman–Crippen LogP) is 2.56. The van der Waals surface area contributed by atoms with Crippen LogP contribution in [0.4, 0.5) is 5.69 Å². The first-order chi connectivity index (χ1) is 11.6. The van der Waals surface area contributed by atoms with E-state index in [4.69, 9.17) is 9.47 Å². The van der Waals surface area contributed by atoms with Crippen molar-refractivity contribution < 1.29 is 19.1 Å². The van der Waals surface area contributed by atoms with Crippen LogP contribution in [0, 0.1) is 0 Å². The van der Waals surface area contributed by atoms with Crippen molar-refractivity contribution >= 4 is 39.1 Å². The third-order valence-corrected chi connectivity index (χ3v) is 4.41.